The van der Waals surface area contributed by atoms with E-state index in [9.17, 15) is 9.59 Å². The number of fused-ring (bicyclic) bond motifs is 3. The van der Waals surface area contributed by atoms with Crippen LogP contribution in [0.1, 0.15) is 57.7 Å². The van der Waals surface area contributed by atoms with Crippen LogP contribution in [0.5, 0.6) is 5.88 Å². The van der Waals surface area contributed by atoms with Gasteiger partial charge >= 0.3 is 0 Å². The van der Waals surface area contributed by atoms with Crippen LogP contribution in [0.4, 0.5) is 0 Å². The standard InChI is InChI=1S/C34H35N7O3/c1-19-31(38-29-14-22(15-30(44-2)41(19)29)34(43)39-12-4-5-23(35)18-39)28-13-21-10-11-27(37-32(21)40(28)17-20-8-9-20)24-6-3-7-25-26(24)16-36-33(25)42/h3,6-7,10-11,13-15,20,23H,4-5,8-9,12,16-18,35H2,1-2H3,(H,36,42)/t23-/m1/s1. The van der Waals surface area contributed by atoms with Crippen LogP contribution in [0.25, 0.3) is 39.3 Å². The minimum atomic E-state index is -0.0490. The first kappa shape index (κ1) is 26.9. The van der Waals surface area contributed by atoms with Gasteiger partial charge in [0.05, 0.1) is 24.2 Å². The summed E-state index contributed by atoms with van der Waals surface area (Å²) in [6.07, 6.45) is 4.23. The fraction of sp³-hybridized carbons (Fsp3) is 0.353. The van der Waals surface area contributed by atoms with Gasteiger partial charge in [-0.3, -0.25) is 14.0 Å². The van der Waals surface area contributed by atoms with Crippen molar-refractivity contribution >= 4 is 28.5 Å². The highest BCUT2D eigenvalue weighted by molar-refractivity contribution is 6.00. The van der Waals surface area contributed by atoms with Gasteiger partial charge in [0.15, 0.2) is 5.88 Å². The number of piperidine rings is 1. The van der Waals surface area contributed by atoms with E-state index in [1.54, 1.807) is 13.2 Å². The minimum absolute atomic E-state index is 0.00285. The van der Waals surface area contributed by atoms with E-state index in [4.69, 9.17) is 20.4 Å². The van der Waals surface area contributed by atoms with E-state index in [1.807, 2.05) is 46.6 Å². The van der Waals surface area contributed by atoms with E-state index in [-0.39, 0.29) is 17.9 Å². The molecule has 44 heavy (non-hydrogen) atoms. The lowest BCUT2D eigenvalue weighted by Gasteiger charge is -2.30. The number of carbonyl (C=O) groups is 2. The highest BCUT2D eigenvalue weighted by atomic mass is 16.5. The van der Waals surface area contributed by atoms with Crippen molar-refractivity contribution in [3.8, 4) is 28.5 Å². The monoisotopic (exact) mass is 589 g/mol. The molecular formula is C34H35N7O3. The van der Waals surface area contributed by atoms with Gasteiger partial charge < -0.3 is 25.3 Å². The second-order valence-corrected chi connectivity index (χ2v) is 12.4. The van der Waals surface area contributed by atoms with Crippen LogP contribution in [0.3, 0.4) is 0 Å². The number of nitrogens with one attached hydrogen (secondary N) is 1. The summed E-state index contributed by atoms with van der Waals surface area (Å²) in [5, 5.41) is 3.98. The van der Waals surface area contributed by atoms with Gasteiger partial charge in [-0.1, -0.05) is 12.1 Å². The van der Waals surface area contributed by atoms with Crippen molar-refractivity contribution in [2.75, 3.05) is 20.2 Å². The number of likely N-dealkylation sites (tertiary alicyclic amines) is 1. The minimum Gasteiger partial charge on any atom is -0.482 e. The molecule has 0 spiro atoms. The average molecular weight is 590 g/mol. The van der Waals surface area contributed by atoms with E-state index in [2.05, 4.69) is 22.0 Å². The summed E-state index contributed by atoms with van der Waals surface area (Å²) in [5.74, 6) is 1.08. The first-order valence-corrected chi connectivity index (χ1v) is 15.4. The maximum absolute atomic E-state index is 13.5. The van der Waals surface area contributed by atoms with Crippen LogP contribution < -0.4 is 15.8 Å². The summed E-state index contributed by atoms with van der Waals surface area (Å²) in [6, 6.07) is 15.8. The van der Waals surface area contributed by atoms with E-state index >= 15 is 0 Å². The Kier molecular flexibility index (Phi) is 6.23. The molecule has 0 radical (unpaired) electrons. The predicted molar refractivity (Wildman–Crippen MR) is 168 cm³/mol. The molecular weight excluding hydrogens is 554 g/mol. The summed E-state index contributed by atoms with van der Waals surface area (Å²) in [6.45, 7) is 4.66. The van der Waals surface area contributed by atoms with Gasteiger partial charge in [0.25, 0.3) is 11.8 Å². The number of ether oxygens (including phenoxy) is 1. The van der Waals surface area contributed by atoms with E-state index in [0.717, 1.165) is 64.3 Å². The van der Waals surface area contributed by atoms with Crippen molar-refractivity contribution < 1.29 is 14.3 Å². The van der Waals surface area contributed by atoms with Crippen molar-refractivity contribution in [2.24, 2.45) is 11.7 Å². The molecule has 2 aliphatic heterocycles. The van der Waals surface area contributed by atoms with Gasteiger partial charge in [-0.05, 0) is 74.4 Å². The number of carbonyl (C=O) groups excluding carboxylic acids is 2. The molecule has 1 aliphatic carbocycles. The lowest BCUT2D eigenvalue weighted by Crippen LogP contribution is -2.45. The molecule has 2 amide bonds. The molecule has 0 unspecified atom stereocenters. The SMILES string of the molecule is COc1cc(C(=O)N2CCC[C@@H](N)C2)cc2nc(-c3cc4ccc(-c5cccc6c5CNC6=O)nc4n3CC3CC3)c(C)n12. The molecule has 1 atom stereocenters. The fourth-order valence-electron chi connectivity index (χ4n) is 6.88. The molecule has 3 aliphatic rings. The Hall–Kier alpha value is -4.70. The van der Waals surface area contributed by atoms with Crippen LogP contribution in [0.15, 0.2) is 48.5 Å². The quantitative estimate of drug-likeness (QED) is 0.300. The number of imidazole rings is 1. The number of aryl methyl sites for hydroxylation is 1. The summed E-state index contributed by atoms with van der Waals surface area (Å²) in [7, 11) is 1.62. The van der Waals surface area contributed by atoms with Crippen molar-refractivity contribution in [1.82, 2.24) is 29.2 Å². The molecule has 1 saturated carbocycles. The smallest absolute Gasteiger partial charge is 0.254 e. The Morgan fingerprint density at radius 1 is 1.09 bits per heavy atom. The molecule has 224 valence electrons. The Bertz CT molecular complexity index is 1990. The number of nitrogens with zero attached hydrogens (tertiary/aromatic N) is 5. The molecule has 5 aromatic rings. The van der Waals surface area contributed by atoms with Gasteiger partial charge in [0.2, 0.25) is 0 Å². The summed E-state index contributed by atoms with van der Waals surface area (Å²) >= 11 is 0. The normalized spacial score (nSPS) is 18.2. The molecule has 1 aromatic carbocycles. The van der Waals surface area contributed by atoms with Crippen LogP contribution in [-0.2, 0) is 13.1 Å². The van der Waals surface area contributed by atoms with Gasteiger partial charge in [0, 0.05) is 60.4 Å². The van der Waals surface area contributed by atoms with Crippen LogP contribution in [0.2, 0.25) is 0 Å². The predicted octanol–water partition coefficient (Wildman–Crippen LogP) is 4.55. The Morgan fingerprint density at radius 2 is 1.93 bits per heavy atom. The third-order valence-electron chi connectivity index (χ3n) is 9.37. The zero-order valence-electron chi connectivity index (χ0n) is 25.0. The van der Waals surface area contributed by atoms with Gasteiger partial charge in [0.1, 0.15) is 17.0 Å². The Labute approximate surface area is 254 Å². The Balaban J connectivity index is 1.25. The first-order valence-electron chi connectivity index (χ1n) is 15.4. The molecule has 2 fully saturated rings. The van der Waals surface area contributed by atoms with Gasteiger partial charge in [-0.15, -0.1) is 0 Å². The molecule has 10 heteroatoms. The van der Waals surface area contributed by atoms with Gasteiger partial charge in [-0.2, -0.15) is 0 Å². The molecule has 6 heterocycles. The maximum Gasteiger partial charge on any atom is 0.254 e. The maximum atomic E-state index is 13.5. The van der Waals surface area contributed by atoms with E-state index < -0.39 is 0 Å². The summed E-state index contributed by atoms with van der Waals surface area (Å²) in [4.78, 5) is 38.0. The molecule has 3 N–H and O–H groups in total. The molecule has 10 nitrogen and oxygen atoms in total. The molecule has 1 saturated heterocycles. The van der Waals surface area contributed by atoms with E-state index in [1.165, 1.54) is 12.8 Å². The molecule has 0 bridgehead atoms. The number of nitrogens with two attached hydrogens (primary N) is 1. The number of methoxy groups -OCH3 is 1. The number of aromatic nitrogens is 4. The largest absolute Gasteiger partial charge is 0.482 e. The summed E-state index contributed by atoms with van der Waals surface area (Å²) in [5.41, 5.74) is 14.6. The molecule has 4 aromatic heterocycles. The number of amides is 2. The number of benzene rings is 1. The number of hydrogen-bond acceptors (Lipinski definition) is 6. The molecule has 8 rings (SSSR count). The highest BCUT2D eigenvalue weighted by Crippen LogP contribution is 2.38. The summed E-state index contributed by atoms with van der Waals surface area (Å²) < 4.78 is 10.1. The van der Waals surface area contributed by atoms with Crippen LogP contribution in [0, 0.1) is 12.8 Å². The second kappa shape index (κ2) is 10.2. The Morgan fingerprint density at radius 3 is 2.73 bits per heavy atom. The van der Waals surface area contributed by atoms with Crippen molar-refractivity contribution in [2.45, 2.75) is 51.7 Å². The van der Waals surface area contributed by atoms with Crippen LogP contribution in [-0.4, -0.2) is 61.9 Å². The first-order chi connectivity index (χ1) is 21.4. The fourth-order valence-corrected chi connectivity index (χ4v) is 6.88. The zero-order chi connectivity index (χ0) is 30.1. The number of pyridine rings is 2. The zero-order valence-corrected chi connectivity index (χ0v) is 25.0. The van der Waals surface area contributed by atoms with Crippen molar-refractivity contribution in [3.63, 3.8) is 0 Å². The van der Waals surface area contributed by atoms with Crippen molar-refractivity contribution in [1.29, 1.82) is 0 Å². The average Bonchev–Trinajstić information content (AvgIpc) is 3.56. The second-order valence-electron chi connectivity index (χ2n) is 12.4. The van der Waals surface area contributed by atoms with Gasteiger partial charge in [-0.25, -0.2) is 9.97 Å². The highest BCUT2D eigenvalue weighted by Gasteiger charge is 2.29. The third kappa shape index (κ3) is 4.35. The van der Waals surface area contributed by atoms with Crippen molar-refractivity contribution in [3.05, 3.63) is 70.9 Å². The van der Waals surface area contributed by atoms with Crippen LogP contribution >= 0.6 is 0 Å². The third-order valence-corrected chi connectivity index (χ3v) is 9.37. The number of rotatable bonds is 6. The lowest BCUT2D eigenvalue weighted by molar-refractivity contribution is 0.0708. The lowest BCUT2D eigenvalue weighted by atomic mass is 10.0. The van der Waals surface area contributed by atoms with E-state index in [0.29, 0.717) is 48.2 Å². The number of hydrogen-bond donors (Lipinski definition) is 2. The topological polar surface area (TPSA) is 120 Å².